The van der Waals surface area contributed by atoms with Gasteiger partial charge in [-0.1, -0.05) is 18.2 Å². The Hall–Kier alpha value is -2.89. The first-order chi connectivity index (χ1) is 12.1. The van der Waals surface area contributed by atoms with Gasteiger partial charge >= 0.3 is 0 Å². The molecule has 4 rings (SSSR count). The van der Waals surface area contributed by atoms with Gasteiger partial charge in [-0.05, 0) is 30.5 Å². The van der Waals surface area contributed by atoms with Crippen molar-refractivity contribution in [3.05, 3.63) is 53.7 Å². The highest BCUT2D eigenvalue weighted by atomic mass is 16.5. The van der Waals surface area contributed by atoms with Crippen molar-refractivity contribution in [1.82, 2.24) is 9.88 Å². The number of nitrogens with one attached hydrogen (secondary N) is 1. The highest BCUT2D eigenvalue weighted by Gasteiger charge is 2.49. The van der Waals surface area contributed by atoms with Gasteiger partial charge in [0.2, 0.25) is 11.8 Å². The van der Waals surface area contributed by atoms with Crippen LogP contribution in [-0.2, 0) is 10.2 Å². The summed E-state index contributed by atoms with van der Waals surface area (Å²) in [5.74, 6) is 0.289. The van der Waals surface area contributed by atoms with Crippen molar-refractivity contribution >= 4 is 17.5 Å². The first-order valence-electron chi connectivity index (χ1n) is 8.34. The summed E-state index contributed by atoms with van der Waals surface area (Å²) in [6.07, 6.45) is 3.10. The van der Waals surface area contributed by atoms with E-state index < -0.39 is 5.41 Å². The predicted molar refractivity (Wildman–Crippen MR) is 92.7 cm³/mol. The molecular weight excluding hydrogens is 318 g/mol. The van der Waals surface area contributed by atoms with E-state index in [1.165, 1.54) is 7.11 Å². The maximum Gasteiger partial charge on any atom is 0.254 e. The zero-order valence-corrected chi connectivity index (χ0v) is 14.0. The first kappa shape index (κ1) is 15.6. The molecule has 6 heteroatoms. The molecule has 2 aliphatic rings. The van der Waals surface area contributed by atoms with Crippen molar-refractivity contribution in [1.29, 1.82) is 0 Å². The summed E-state index contributed by atoms with van der Waals surface area (Å²) in [6.45, 7) is 1.03. The minimum atomic E-state index is -0.651. The standard InChI is InChI=1S/C19H19N3O3/c1-25-16-11-13(7-9-20-16)17(23)22-10-4-8-19(12-22)14-5-2-3-6-15(14)21-18(19)24/h2-3,5-7,9,11H,4,8,10,12H2,1H3,(H,21,24)/t19-/m1/s1. The number of aromatic nitrogens is 1. The van der Waals surface area contributed by atoms with Gasteiger partial charge in [-0.25, -0.2) is 4.98 Å². The van der Waals surface area contributed by atoms with Crippen molar-refractivity contribution in [2.75, 3.05) is 25.5 Å². The third kappa shape index (κ3) is 2.45. The summed E-state index contributed by atoms with van der Waals surface area (Å²) in [7, 11) is 1.52. The van der Waals surface area contributed by atoms with E-state index in [1.807, 2.05) is 24.3 Å². The smallest absolute Gasteiger partial charge is 0.254 e. The Labute approximate surface area is 145 Å². The number of rotatable bonds is 2. The molecule has 0 bridgehead atoms. The molecule has 2 aliphatic heterocycles. The van der Waals surface area contributed by atoms with E-state index >= 15 is 0 Å². The van der Waals surface area contributed by atoms with Gasteiger partial charge in [-0.3, -0.25) is 9.59 Å². The summed E-state index contributed by atoms with van der Waals surface area (Å²) in [6, 6.07) is 11.1. The molecular formula is C19H19N3O3. The summed E-state index contributed by atoms with van der Waals surface area (Å²) >= 11 is 0. The third-order valence-electron chi connectivity index (χ3n) is 5.10. The minimum absolute atomic E-state index is 0.0153. The fourth-order valence-corrected chi connectivity index (χ4v) is 3.84. The Bertz CT molecular complexity index is 851. The normalized spacial score (nSPS) is 21.8. The first-order valence-corrected chi connectivity index (χ1v) is 8.34. The topological polar surface area (TPSA) is 71.5 Å². The van der Waals surface area contributed by atoms with E-state index in [0.717, 1.165) is 24.1 Å². The Balaban J connectivity index is 1.65. The number of amides is 2. The molecule has 1 aromatic heterocycles. The van der Waals surface area contributed by atoms with Crippen molar-refractivity contribution in [2.45, 2.75) is 18.3 Å². The average molecular weight is 337 g/mol. The van der Waals surface area contributed by atoms with Crippen LogP contribution in [0.25, 0.3) is 0 Å². The number of ether oxygens (including phenoxy) is 1. The van der Waals surface area contributed by atoms with Gasteiger partial charge in [-0.2, -0.15) is 0 Å². The molecule has 1 spiro atoms. The molecule has 25 heavy (non-hydrogen) atoms. The molecule has 6 nitrogen and oxygen atoms in total. The third-order valence-corrected chi connectivity index (χ3v) is 5.10. The summed E-state index contributed by atoms with van der Waals surface area (Å²) in [5, 5.41) is 2.97. The van der Waals surface area contributed by atoms with Gasteiger partial charge in [0.15, 0.2) is 0 Å². The lowest BCUT2D eigenvalue weighted by molar-refractivity contribution is -0.122. The van der Waals surface area contributed by atoms with Crippen LogP contribution in [0.3, 0.4) is 0 Å². The van der Waals surface area contributed by atoms with Gasteiger partial charge < -0.3 is 15.0 Å². The molecule has 128 valence electrons. The fourth-order valence-electron chi connectivity index (χ4n) is 3.84. The van der Waals surface area contributed by atoms with E-state index in [0.29, 0.717) is 24.5 Å². The molecule has 0 aliphatic carbocycles. The van der Waals surface area contributed by atoms with Crippen LogP contribution in [0.15, 0.2) is 42.6 Å². The molecule has 1 fully saturated rings. The number of hydrogen-bond acceptors (Lipinski definition) is 4. The van der Waals surface area contributed by atoms with Crippen LogP contribution in [0.2, 0.25) is 0 Å². The highest BCUT2D eigenvalue weighted by molar-refractivity contribution is 6.07. The molecule has 0 unspecified atom stereocenters. The lowest BCUT2D eigenvalue weighted by Gasteiger charge is -2.39. The Morgan fingerprint density at radius 3 is 3.00 bits per heavy atom. The summed E-state index contributed by atoms with van der Waals surface area (Å²) < 4.78 is 5.10. The molecule has 1 aromatic carbocycles. The van der Waals surface area contributed by atoms with Crippen molar-refractivity contribution in [3.8, 4) is 5.88 Å². The molecule has 1 N–H and O–H groups in total. The van der Waals surface area contributed by atoms with Gasteiger partial charge in [-0.15, -0.1) is 0 Å². The zero-order chi connectivity index (χ0) is 17.4. The number of para-hydroxylation sites is 1. The number of anilines is 1. The quantitative estimate of drug-likeness (QED) is 0.912. The van der Waals surface area contributed by atoms with Gasteiger partial charge in [0.1, 0.15) is 0 Å². The molecule has 2 aromatic rings. The second-order valence-electron chi connectivity index (χ2n) is 6.50. The number of methoxy groups -OCH3 is 1. The Morgan fingerprint density at radius 2 is 2.16 bits per heavy atom. The van der Waals surface area contributed by atoms with E-state index in [1.54, 1.807) is 23.2 Å². The van der Waals surface area contributed by atoms with Gasteiger partial charge in [0, 0.05) is 36.6 Å². The number of carbonyl (C=O) groups excluding carboxylic acids is 2. The van der Waals surface area contributed by atoms with Crippen LogP contribution in [-0.4, -0.2) is 41.9 Å². The number of benzene rings is 1. The average Bonchev–Trinajstić information content (AvgIpc) is 2.93. The molecule has 2 amide bonds. The lowest BCUT2D eigenvalue weighted by atomic mass is 9.75. The molecule has 0 saturated carbocycles. The predicted octanol–water partition coefficient (Wildman–Crippen LogP) is 2.22. The van der Waals surface area contributed by atoms with Crippen LogP contribution in [0, 0.1) is 0 Å². The number of pyridine rings is 1. The van der Waals surface area contributed by atoms with Gasteiger partial charge in [0.25, 0.3) is 5.91 Å². The summed E-state index contributed by atoms with van der Waals surface area (Å²) in [5.41, 5.74) is 1.72. The van der Waals surface area contributed by atoms with E-state index in [2.05, 4.69) is 10.3 Å². The number of piperidine rings is 1. The SMILES string of the molecule is COc1cc(C(=O)N2CCC[C@]3(C2)C(=O)Nc2ccccc23)ccn1. The minimum Gasteiger partial charge on any atom is -0.481 e. The summed E-state index contributed by atoms with van der Waals surface area (Å²) in [4.78, 5) is 31.5. The fraction of sp³-hybridized carbons (Fsp3) is 0.316. The maximum absolute atomic E-state index is 12.9. The van der Waals surface area contributed by atoms with Crippen LogP contribution in [0.5, 0.6) is 5.88 Å². The second-order valence-corrected chi connectivity index (χ2v) is 6.50. The van der Waals surface area contributed by atoms with Crippen molar-refractivity contribution in [3.63, 3.8) is 0 Å². The molecule has 3 heterocycles. The van der Waals surface area contributed by atoms with Gasteiger partial charge in [0.05, 0.1) is 12.5 Å². The van der Waals surface area contributed by atoms with Crippen LogP contribution in [0.4, 0.5) is 5.69 Å². The zero-order valence-electron chi connectivity index (χ0n) is 14.0. The van der Waals surface area contributed by atoms with Crippen molar-refractivity contribution in [2.24, 2.45) is 0 Å². The Morgan fingerprint density at radius 1 is 1.32 bits per heavy atom. The number of carbonyl (C=O) groups is 2. The lowest BCUT2D eigenvalue weighted by Crippen LogP contribution is -2.51. The monoisotopic (exact) mass is 337 g/mol. The largest absolute Gasteiger partial charge is 0.481 e. The second kappa shape index (κ2) is 5.88. The number of nitrogens with zero attached hydrogens (tertiary/aromatic N) is 2. The number of likely N-dealkylation sites (tertiary alicyclic amines) is 1. The van der Waals surface area contributed by atoms with Crippen molar-refractivity contribution < 1.29 is 14.3 Å². The van der Waals surface area contributed by atoms with E-state index in [9.17, 15) is 9.59 Å². The molecule has 1 atom stereocenters. The van der Waals surface area contributed by atoms with Crippen LogP contribution >= 0.6 is 0 Å². The Kier molecular flexibility index (Phi) is 3.67. The van der Waals surface area contributed by atoms with E-state index in [-0.39, 0.29) is 11.8 Å². The van der Waals surface area contributed by atoms with Crippen LogP contribution in [0.1, 0.15) is 28.8 Å². The maximum atomic E-state index is 12.9. The molecule has 0 radical (unpaired) electrons. The van der Waals surface area contributed by atoms with Crippen LogP contribution < -0.4 is 10.1 Å². The highest BCUT2D eigenvalue weighted by Crippen LogP contribution is 2.43. The number of fused-ring (bicyclic) bond motifs is 2. The molecule has 1 saturated heterocycles. The number of hydrogen-bond donors (Lipinski definition) is 1. The van der Waals surface area contributed by atoms with E-state index in [4.69, 9.17) is 4.74 Å².